The lowest BCUT2D eigenvalue weighted by molar-refractivity contribution is -0.137. The highest BCUT2D eigenvalue weighted by atomic mass is 32.2. The van der Waals surface area contributed by atoms with E-state index in [2.05, 4.69) is 4.74 Å². The number of benzene rings is 1. The molecular weight excluding hydrogens is 288 g/mol. The summed E-state index contributed by atoms with van der Waals surface area (Å²) in [4.78, 5) is 22.4. The van der Waals surface area contributed by atoms with E-state index in [4.69, 9.17) is 10.6 Å². The number of carbonyl (C=O) groups excluding carboxylic acids is 2. The highest BCUT2D eigenvalue weighted by Gasteiger charge is 2.33. The number of hydrogen-bond donors (Lipinski definition) is 1. The fraction of sp³-hybridized carbons (Fsp3) is 0.273. The van der Waals surface area contributed by atoms with E-state index in [1.807, 2.05) is 0 Å². The minimum absolute atomic E-state index is 0.00509. The Morgan fingerprint density at radius 2 is 2.00 bits per heavy atom. The Labute approximate surface area is 115 Å². The van der Waals surface area contributed by atoms with Crippen molar-refractivity contribution < 1.29 is 27.5 Å². The van der Waals surface area contributed by atoms with E-state index in [0.29, 0.717) is 0 Å². The highest BCUT2D eigenvalue weighted by Crippen LogP contribution is 2.16. The first-order valence-electron chi connectivity index (χ1n) is 5.62. The average molecular weight is 300 g/mol. The van der Waals surface area contributed by atoms with Crippen LogP contribution in [0, 0.1) is 0 Å². The smallest absolute Gasteiger partial charge is 0.439 e. The van der Waals surface area contributed by atoms with Crippen LogP contribution in [0.15, 0.2) is 35.2 Å². The van der Waals surface area contributed by atoms with Crippen molar-refractivity contribution in [1.29, 1.82) is 0 Å². The minimum Gasteiger partial charge on any atom is -0.462 e. The first-order chi connectivity index (χ1) is 9.41. The van der Waals surface area contributed by atoms with Crippen LogP contribution in [0.25, 0.3) is 0 Å². The molecule has 1 heterocycles. The zero-order chi connectivity index (χ0) is 14.8. The van der Waals surface area contributed by atoms with Crippen molar-refractivity contribution in [1.82, 2.24) is 4.41 Å². The van der Waals surface area contributed by atoms with Crippen LogP contribution in [0.1, 0.15) is 6.42 Å². The molecule has 0 saturated carbocycles. The van der Waals surface area contributed by atoms with E-state index in [1.54, 1.807) is 6.07 Å². The molecule has 0 spiro atoms. The first kappa shape index (κ1) is 14.3. The number of rotatable bonds is 3. The maximum atomic E-state index is 12.0. The molecule has 0 bridgehead atoms. The average Bonchev–Trinajstić information content (AvgIpc) is 2.84. The van der Waals surface area contributed by atoms with E-state index in [-0.39, 0.29) is 22.3 Å². The van der Waals surface area contributed by atoms with Crippen molar-refractivity contribution in [3.63, 3.8) is 0 Å². The van der Waals surface area contributed by atoms with Gasteiger partial charge in [-0.15, -0.1) is 4.41 Å². The van der Waals surface area contributed by atoms with Gasteiger partial charge in [0.1, 0.15) is 12.7 Å². The second-order valence-electron chi connectivity index (χ2n) is 4.01. The number of ether oxygens (including phenoxy) is 2. The molecule has 20 heavy (non-hydrogen) atoms. The molecule has 1 amide bonds. The van der Waals surface area contributed by atoms with Crippen molar-refractivity contribution in [2.75, 3.05) is 6.61 Å². The molecule has 1 unspecified atom stereocenters. The number of hydrazine groups is 1. The second-order valence-corrected chi connectivity index (χ2v) is 5.82. The molecule has 1 atom stereocenters. The summed E-state index contributed by atoms with van der Waals surface area (Å²) < 4.78 is 33.4. The predicted octanol–water partition coefficient (Wildman–Crippen LogP) is 0.00310. The molecule has 1 aliphatic heterocycles. The fourth-order valence-electron chi connectivity index (χ4n) is 1.56. The van der Waals surface area contributed by atoms with Crippen molar-refractivity contribution in [2.45, 2.75) is 17.4 Å². The van der Waals surface area contributed by atoms with Crippen LogP contribution < -0.4 is 5.84 Å². The largest absolute Gasteiger partial charge is 0.462 e. The Bertz CT molecular complexity index is 615. The maximum absolute atomic E-state index is 12.0. The lowest BCUT2D eigenvalue weighted by Gasteiger charge is -2.18. The lowest BCUT2D eigenvalue weighted by atomic mass is 10.3. The Morgan fingerprint density at radius 1 is 1.35 bits per heavy atom. The van der Waals surface area contributed by atoms with Gasteiger partial charge in [-0.05, 0) is 12.1 Å². The van der Waals surface area contributed by atoms with Crippen LogP contribution >= 0.6 is 0 Å². The molecule has 0 radical (unpaired) electrons. The third-order valence-electron chi connectivity index (χ3n) is 2.57. The molecule has 1 aromatic rings. The predicted molar refractivity (Wildman–Crippen MR) is 65.5 cm³/mol. The quantitative estimate of drug-likeness (QED) is 0.361. The van der Waals surface area contributed by atoms with E-state index < -0.39 is 28.2 Å². The molecule has 1 aliphatic rings. The van der Waals surface area contributed by atoms with Gasteiger partial charge in [0.2, 0.25) is 0 Å². The van der Waals surface area contributed by atoms with Gasteiger partial charge in [-0.25, -0.2) is 10.6 Å². The Kier molecular flexibility index (Phi) is 3.91. The zero-order valence-electron chi connectivity index (χ0n) is 10.3. The van der Waals surface area contributed by atoms with Gasteiger partial charge in [0.25, 0.3) is 10.0 Å². The molecule has 2 rings (SSSR count). The number of carbonyl (C=O) groups is 2. The van der Waals surface area contributed by atoms with Crippen molar-refractivity contribution >= 4 is 22.1 Å². The molecular formula is C11H12N2O6S. The topological polar surface area (TPSA) is 116 Å². The second kappa shape index (κ2) is 5.47. The number of sulfonamides is 1. The van der Waals surface area contributed by atoms with Gasteiger partial charge in [0.05, 0.1) is 11.3 Å². The number of esters is 1. The Balaban J connectivity index is 2.08. The molecule has 0 aromatic heterocycles. The molecule has 9 heteroatoms. The maximum Gasteiger partial charge on any atom is 0.439 e. The van der Waals surface area contributed by atoms with Crippen LogP contribution in [0.5, 0.6) is 0 Å². The van der Waals surface area contributed by atoms with Gasteiger partial charge >= 0.3 is 12.1 Å². The van der Waals surface area contributed by atoms with Crippen molar-refractivity contribution in [3.8, 4) is 0 Å². The lowest BCUT2D eigenvalue weighted by Crippen LogP contribution is -2.44. The Morgan fingerprint density at radius 3 is 2.55 bits per heavy atom. The number of hydrogen-bond acceptors (Lipinski definition) is 7. The van der Waals surface area contributed by atoms with Crippen LogP contribution in [0.3, 0.4) is 0 Å². The van der Waals surface area contributed by atoms with Crippen LogP contribution in [0.2, 0.25) is 0 Å². The number of nitrogens with zero attached hydrogens (tertiary/aromatic N) is 1. The molecule has 108 valence electrons. The van der Waals surface area contributed by atoms with E-state index in [9.17, 15) is 18.0 Å². The van der Waals surface area contributed by atoms with Gasteiger partial charge in [-0.3, -0.25) is 4.79 Å². The summed E-state index contributed by atoms with van der Waals surface area (Å²) in [5, 5.41) is 0. The summed E-state index contributed by atoms with van der Waals surface area (Å²) in [6.45, 7) is -0.107. The highest BCUT2D eigenvalue weighted by molar-refractivity contribution is 7.89. The van der Waals surface area contributed by atoms with E-state index >= 15 is 0 Å². The molecule has 2 N–H and O–H groups in total. The van der Waals surface area contributed by atoms with Crippen LogP contribution in [-0.2, 0) is 24.3 Å². The van der Waals surface area contributed by atoms with Gasteiger partial charge in [-0.2, -0.15) is 8.42 Å². The molecule has 1 aromatic carbocycles. The summed E-state index contributed by atoms with van der Waals surface area (Å²) in [6, 6.07) is 7.21. The van der Waals surface area contributed by atoms with Crippen LogP contribution in [0.4, 0.5) is 4.79 Å². The SMILES string of the molecule is NN(C(=O)OC1COC(=O)C1)S(=O)(=O)c1ccccc1. The first-order valence-corrected chi connectivity index (χ1v) is 7.06. The zero-order valence-corrected chi connectivity index (χ0v) is 11.1. The summed E-state index contributed by atoms with van der Waals surface area (Å²) in [5.41, 5.74) is 0. The monoisotopic (exact) mass is 300 g/mol. The number of amides is 1. The van der Waals surface area contributed by atoms with E-state index in [1.165, 1.54) is 24.3 Å². The number of nitrogens with two attached hydrogens (primary N) is 1. The summed E-state index contributed by atoms with van der Waals surface area (Å²) >= 11 is 0. The van der Waals surface area contributed by atoms with Gasteiger partial charge in [0, 0.05) is 0 Å². The normalized spacial score (nSPS) is 18.4. The summed E-state index contributed by atoms with van der Waals surface area (Å²) in [5.74, 6) is 4.77. The van der Waals surface area contributed by atoms with Gasteiger partial charge in [0.15, 0.2) is 0 Å². The van der Waals surface area contributed by atoms with E-state index in [0.717, 1.165) is 0 Å². The standard InChI is InChI=1S/C11H12N2O6S/c12-13(11(15)19-8-6-10(14)18-7-8)20(16,17)9-4-2-1-3-5-9/h1-5,8H,6-7,12H2. The fourth-order valence-corrected chi connectivity index (χ4v) is 2.53. The van der Waals surface area contributed by atoms with Crippen LogP contribution in [-0.4, -0.2) is 37.6 Å². The number of cyclic esters (lactones) is 1. The summed E-state index contributed by atoms with van der Waals surface area (Å²) in [7, 11) is -4.18. The minimum atomic E-state index is -4.18. The Hall–Kier alpha value is -2.13. The molecule has 0 aliphatic carbocycles. The van der Waals surface area contributed by atoms with Gasteiger partial charge in [-0.1, -0.05) is 18.2 Å². The summed E-state index contributed by atoms with van der Waals surface area (Å²) in [6.07, 6.45) is -2.21. The third-order valence-corrected chi connectivity index (χ3v) is 4.11. The molecule has 1 saturated heterocycles. The molecule has 8 nitrogen and oxygen atoms in total. The molecule has 1 fully saturated rings. The van der Waals surface area contributed by atoms with Crippen molar-refractivity contribution in [3.05, 3.63) is 30.3 Å². The third kappa shape index (κ3) is 2.89. The van der Waals surface area contributed by atoms with Gasteiger partial charge < -0.3 is 9.47 Å². The van der Waals surface area contributed by atoms with Crippen molar-refractivity contribution in [2.24, 2.45) is 5.84 Å².